The Hall–Kier alpha value is -1.97. The lowest BCUT2D eigenvalue weighted by Crippen LogP contribution is -2.43. The van der Waals surface area contributed by atoms with E-state index in [1.165, 1.54) is 35.7 Å². The van der Waals surface area contributed by atoms with Gasteiger partial charge in [-0.1, -0.05) is 35.7 Å². The van der Waals surface area contributed by atoms with E-state index in [9.17, 15) is 0 Å². The molecule has 3 nitrogen and oxygen atoms in total. The van der Waals surface area contributed by atoms with Gasteiger partial charge in [-0.2, -0.15) is 0 Å². The number of rotatable bonds is 4. The van der Waals surface area contributed by atoms with Crippen molar-refractivity contribution in [3.63, 3.8) is 0 Å². The quantitative estimate of drug-likeness (QED) is 0.318. The molecule has 30 heavy (non-hydrogen) atoms. The standard InChI is InChI=1S/C14H21NOS.C7H7Cl.C2H2O.C2H4/c1-15-13-5-3-4-6-14(13)16-11-7-9-12(17-2)10-8-11;1-6-2-4-7(8)5-3-6;1-2-3;1-2/h7-10,13-15H,3-6H2,1-2H3;2-5H,1H3;1H2;1-2H2. The smallest absolute Gasteiger partial charge is 0.119 e. The Morgan fingerprint density at radius 2 is 1.60 bits per heavy atom. The highest BCUT2D eigenvalue weighted by Gasteiger charge is 2.25. The molecule has 2 atom stereocenters. The zero-order chi connectivity index (χ0) is 22.8. The minimum Gasteiger partial charge on any atom is -0.489 e. The van der Waals surface area contributed by atoms with Gasteiger partial charge in [0.15, 0.2) is 0 Å². The lowest BCUT2D eigenvalue weighted by Gasteiger charge is -2.31. The van der Waals surface area contributed by atoms with Crippen molar-refractivity contribution in [3.8, 4) is 5.75 Å². The Kier molecular flexibility index (Phi) is 16.7. The molecule has 1 N–H and O–H groups in total. The SMILES string of the molecule is C=C.C=C=O.CNC1CCCCC1Oc1ccc(SC)cc1.Cc1ccc(Cl)cc1. The summed E-state index contributed by atoms with van der Waals surface area (Å²) in [6.07, 6.45) is 7.41. The van der Waals surface area contributed by atoms with Crippen LogP contribution < -0.4 is 10.1 Å². The number of benzene rings is 2. The number of hydrogen-bond donors (Lipinski definition) is 1. The van der Waals surface area contributed by atoms with Crippen LogP contribution in [0.3, 0.4) is 0 Å². The Bertz CT molecular complexity index is 692. The first-order chi connectivity index (χ1) is 14.5. The fourth-order valence-electron chi connectivity index (χ4n) is 2.93. The summed E-state index contributed by atoms with van der Waals surface area (Å²) in [5.74, 6) is 2.25. The van der Waals surface area contributed by atoms with Crippen LogP contribution in [0.5, 0.6) is 5.75 Å². The van der Waals surface area contributed by atoms with Crippen molar-refractivity contribution >= 4 is 29.3 Å². The van der Waals surface area contributed by atoms with Gasteiger partial charge in [-0.3, -0.25) is 0 Å². The van der Waals surface area contributed by atoms with Gasteiger partial charge in [-0.15, -0.1) is 24.9 Å². The molecule has 2 unspecified atom stereocenters. The molecule has 2 aromatic rings. The van der Waals surface area contributed by atoms with Crippen LogP contribution in [0, 0.1) is 6.92 Å². The maximum Gasteiger partial charge on any atom is 0.119 e. The zero-order valence-corrected chi connectivity index (χ0v) is 19.9. The predicted molar refractivity (Wildman–Crippen MR) is 133 cm³/mol. The molecular weight excluding hydrogens is 414 g/mol. The minimum atomic E-state index is 0.328. The third kappa shape index (κ3) is 11.9. The molecule has 0 aliphatic heterocycles. The van der Waals surface area contributed by atoms with Crippen molar-refractivity contribution in [3.05, 3.63) is 78.9 Å². The van der Waals surface area contributed by atoms with Gasteiger partial charge in [0.1, 0.15) is 17.8 Å². The fourth-order valence-corrected chi connectivity index (χ4v) is 3.46. The maximum atomic E-state index is 8.57. The number of carbonyl (C=O) groups excluding carboxylic acids is 1. The molecule has 0 saturated heterocycles. The summed E-state index contributed by atoms with van der Waals surface area (Å²) < 4.78 is 6.09. The molecule has 164 valence electrons. The predicted octanol–water partition coefficient (Wildman–Crippen LogP) is 6.77. The third-order valence-electron chi connectivity index (χ3n) is 4.43. The minimum absolute atomic E-state index is 0.328. The average molecular weight is 448 g/mol. The molecular formula is C25H34ClNO2S. The number of nitrogens with one attached hydrogen (secondary N) is 1. The van der Waals surface area contributed by atoms with E-state index in [2.05, 4.69) is 55.6 Å². The van der Waals surface area contributed by atoms with Crippen LogP contribution in [0.25, 0.3) is 0 Å². The number of ether oxygens (including phenoxy) is 1. The van der Waals surface area contributed by atoms with Crippen LogP contribution in [0.1, 0.15) is 31.2 Å². The van der Waals surface area contributed by atoms with E-state index >= 15 is 0 Å². The number of hydrogen-bond acceptors (Lipinski definition) is 4. The number of aryl methyl sites for hydroxylation is 1. The van der Waals surface area contributed by atoms with Crippen LogP contribution in [0.4, 0.5) is 0 Å². The highest BCUT2D eigenvalue weighted by Crippen LogP contribution is 2.25. The van der Waals surface area contributed by atoms with Crippen molar-refractivity contribution in [2.75, 3.05) is 13.3 Å². The number of halogens is 1. The van der Waals surface area contributed by atoms with Gasteiger partial charge in [0.05, 0.1) is 0 Å². The van der Waals surface area contributed by atoms with E-state index in [0.717, 1.165) is 17.2 Å². The van der Waals surface area contributed by atoms with Crippen LogP contribution >= 0.6 is 23.4 Å². The van der Waals surface area contributed by atoms with Crippen LogP contribution in [-0.4, -0.2) is 31.4 Å². The molecule has 0 heterocycles. The Morgan fingerprint density at radius 3 is 2.07 bits per heavy atom. The Labute approximate surface area is 191 Å². The maximum absolute atomic E-state index is 8.57. The van der Waals surface area contributed by atoms with E-state index in [4.69, 9.17) is 21.1 Å². The molecule has 1 aliphatic rings. The zero-order valence-electron chi connectivity index (χ0n) is 18.3. The summed E-state index contributed by atoms with van der Waals surface area (Å²) in [6, 6.07) is 16.6. The summed E-state index contributed by atoms with van der Waals surface area (Å²) in [4.78, 5) is 9.85. The first-order valence-electron chi connectivity index (χ1n) is 9.88. The van der Waals surface area contributed by atoms with Gasteiger partial charge in [0, 0.05) is 16.0 Å². The fraction of sp³-hybridized carbons (Fsp3) is 0.360. The highest BCUT2D eigenvalue weighted by atomic mass is 35.5. The normalized spacial score (nSPS) is 16.8. The molecule has 1 fully saturated rings. The van der Waals surface area contributed by atoms with Gasteiger partial charge in [-0.05, 0) is 82.5 Å². The van der Waals surface area contributed by atoms with Gasteiger partial charge >= 0.3 is 0 Å². The Morgan fingerprint density at radius 1 is 1.07 bits per heavy atom. The summed E-state index contributed by atoms with van der Waals surface area (Å²) in [6.45, 7) is 10.7. The molecule has 5 heteroatoms. The van der Waals surface area contributed by atoms with Crippen molar-refractivity contribution in [1.82, 2.24) is 5.32 Å². The number of likely N-dealkylation sites (N-methyl/N-ethyl adjacent to an activating group) is 1. The second-order valence-electron chi connectivity index (χ2n) is 6.45. The van der Waals surface area contributed by atoms with E-state index < -0.39 is 0 Å². The average Bonchev–Trinajstić information content (AvgIpc) is 2.79. The van der Waals surface area contributed by atoms with Crippen molar-refractivity contribution in [2.45, 2.75) is 49.6 Å². The molecule has 0 amide bonds. The Balaban J connectivity index is 0.000000539. The summed E-state index contributed by atoms with van der Waals surface area (Å²) >= 11 is 7.37. The number of thioether (sulfide) groups is 1. The molecule has 3 rings (SSSR count). The molecule has 0 spiro atoms. The van der Waals surface area contributed by atoms with E-state index in [1.54, 1.807) is 11.8 Å². The molecule has 0 radical (unpaired) electrons. The molecule has 1 aliphatic carbocycles. The van der Waals surface area contributed by atoms with Crippen LogP contribution in [-0.2, 0) is 4.79 Å². The van der Waals surface area contributed by atoms with Gasteiger partial charge in [-0.25, -0.2) is 4.79 Å². The van der Waals surface area contributed by atoms with Gasteiger partial charge in [0.25, 0.3) is 0 Å². The van der Waals surface area contributed by atoms with E-state index in [-0.39, 0.29) is 0 Å². The van der Waals surface area contributed by atoms with Crippen LogP contribution in [0.2, 0.25) is 5.02 Å². The molecule has 2 aromatic carbocycles. The third-order valence-corrected chi connectivity index (χ3v) is 5.43. The summed E-state index contributed by atoms with van der Waals surface area (Å²) in [7, 11) is 2.03. The van der Waals surface area contributed by atoms with Crippen molar-refractivity contribution < 1.29 is 9.53 Å². The summed E-state index contributed by atoms with van der Waals surface area (Å²) in [5.41, 5.74) is 1.24. The first-order valence-corrected chi connectivity index (χ1v) is 11.5. The molecule has 0 bridgehead atoms. The van der Waals surface area contributed by atoms with Crippen molar-refractivity contribution in [1.29, 1.82) is 0 Å². The second-order valence-corrected chi connectivity index (χ2v) is 7.77. The van der Waals surface area contributed by atoms with E-state index in [1.807, 2.05) is 38.2 Å². The largest absolute Gasteiger partial charge is 0.489 e. The van der Waals surface area contributed by atoms with Gasteiger partial charge < -0.3 is 10.1 Å². The molecule has 0 aromatic heterocycles. The lowest BCUT2D eigenvalue weighted by molar-refractivity contribution is 0.118. The summed E-state index contributed by atoms with van der Waals surface area (Å²) in [5, 5.41) is 4.17. The monoisotopic (exact) mass is 447 g/mol. The lowest BCUT2D eigenvalue weighted by atomic mass is 9.92. The van der Waals surface area contributed by atoms with E-state index in [0.29, 0.717) is 12.1 Å². The van der Waals surface area contributed by atoms with Gasteiger partial charge in [0.2, 0.25) is 0 Å². The van der Waals surface area contributed by atoms with Crippen molar-refractivity contribution in [2.24, 2.45) is 0 Å². The highest BCUT2D eigenvalue weighted by molar-refractivity contribution is 7.98. The topological polar surface area (TPSA) is 38.3 Å². The van der Waals surface area contributed by atoms with Crippen LogP contribution in [0.15, 0.2) is 73.2 Å². The first kappa shape index (κ1) is 28.0. The second kappa shape index (κ2) is 17.9. The molecule has 1 saturated carbocycles.